The van der Waals surface area contributed by atoms with Gasteiger partial charge in [0.05, 0.1) is 5.56 Å². The van der Waals surface area contributed by atoms with E-state index < -0.39 is 0 Å². The van der Waals surface area contributed by atoms with Crippen molar-refractivity contribution in [2.24, 2.45) is 5.92 Å². The first-order valence-electron chi connectivity index (χ1n) is 5.79. The maximum Gasteiger partial charge on any atom is 0.146 e. The highest BCUT2D eigenvalue weighted by Gasteiger charge is 2.20. The van der Waals surface area contributed by atoms with Gasteiger partial charge in [-0.2, -0.15) is 5.26 Å². The summed E-state index contributed by atoms with van der Waals surface area (Å²) in [5.74, 6) is 1.62. The van der Waals surface area contributed by atoms with Gasteiger partial charge in [-0.15, -0.1) is 0 Å². The zero-order valence-electron chi connectivity index (χ0n) is 9.90. The first-order chi connectivity index (χ1) is 7.70. The number of hydrogen-bond donors (Lipinski definition) is 0. The topological polar surface area (TPSA) is 39.9 Å². The lowest BCUT2D eigenvalue weighted by Gasteiger charge is -2.31. The molecule has 1 heterocycles. The molecule has 0 amide bonds. The predicted octanol–water partition coefficient (Wildman–Crippen LogP) is 2.50. The first-order valence-corrected chi connectivity index (χ1v) is 5.79. The smallest absolute Gasteiger partial charge is 0.146 e. The van der Waals surface area contributed by atoms with E-state index in [9.17, 15) is 0 Å². The fourth-order valence-corrected chi connectivity index (χ4v) is 2.07. The summed E-state index contributed by atoms with van der Waals surface area (Å²) in [6.45, 7) is 2.98. The molecule has 0 spiro atoms. The van der Waals surface area contributed by atoms with Crippen LogP contribution in [-0.2, 0) is 0 Å². The van der Waals surface area contributed by atoms with E-state index in [2.05, 4.69) is 16.0 Å². The van der Waals surface area contributed by atoms with E-state index in [-0.39, 0.29) is 0 Å². The molecule has 0 atom stereocenters. The maximum absolute atomic E-state index is 9.05. The van der Waals surface area contributed by atoms with Gasteiger partial charge in [0.25, 0.3) is 0 Å². The fraction of sp³-hybridized carbons (Fsp3) is 0.538. The van der Waals surface area contributed by atoms with Crippen LogP contribution in [0.1, 0.15) is 30.5 Å². The van der Waals surface area contributed by atoms with Crippen molar-refractivity contribution in [3.63, 3.8) is 0 Å². The monoisotopic (exact) mass is 215 g/mol. The first kappa shape index (κ1) is 10.9. The Balaban J connectivity index is 2.17. The summed E-state index contributed by atoms with van der Waals surface area (Å²) >= 11 is 0. The van der Waals surface area contributed by atoms with Crippen molar-refractivity contribution in [2.75, 3.05) is 18.5 Å². The molecule has 0 saturated heterocycles. The van der Waals surface area contributed by atoms with Crippen LogP contribution >= 0.6 is 0 Å². The molecule has 0 bridgehead atoms. The van der Waals surface area contributed by atoms with Gasteiger partial charge < -0.3 is 4.90 Å². The second kappa shape index (κ2) is 4.52. The summed E-state index contributed by atoms with van der Waals surface area (Å²) in [7, 11) is 2.03. The average molecular weight is 215 g/mol. The molecule has 0 unspecified atom stereocenters. The Labute approximate surface area is 96.7 Å². The van der Waals surface area contributed by atoms with E-state index in [1.165, 1.54) is 19.3 Å². The molecule has 2 rings (SSSR count). The second-order valence-electron chi connectivity index (χ2n) is 4.61. The standard InChI is InChI=1S/C13H17N3/c1-10-6-7-12(8-14)13(15-10)16(2)9-11-4-3-5-11/h6-7,11H,3-5,9H2,1-2H3. The highest BCUT2D eigenvalue weighted by Crippen LogP contribution is 2.28. The third-order valence-electron chi connectivity index (χ3n) is 3.25. The average Bonchev–Trinajstić information content (AvgIpc) is 2.23. The van der Waals surface area contributed by atoms with E-state index in [4.69, 9.17) is 5.26 Å². The normalized spacial score (nSPS) is 15.3. The summed E-state index contributed by atoms with van der Waals surface area (Å²) in [6, 6.07) is 5.95. The molecule has 0 N–H and O–H groups in total. The van der Waals surface area contributed by atoms with E-state index in [1.54, 1.807) is 0 Å². The fourth-order valence-electron chi connectivity index (χ4n) is 2.07. The van der Waals surface area contributed by atoms with E-state index in [0.29, 0.717) is 5.56 Å². The third kappa shape index (κ3) is 2.16. The molecule has 0 radical (unpaired) electrons. The minimum atomic E-state index is 0.674. The molecule has 1 fully saturated rings. The van der Waals surface area contributed by atoms with E-state index >= 15 is 0 Å². The molecule has 3 heteroatoms. The number of aromatic nitrogens is 1. The van der Waals surface area contributed by atoms with Gasteiger partial charge in [-0.1, -0.05) is 6.42 Å². The number of aryl methyl sites for hydroxylation is 1. The molecule has 16 heavy (non-hydrogen) atoms. The Morgan fingerprint density at radius 1 is 1.50 bits per heavy atom. The van der Waals surface area contributed by atoms with Gasteiger partial charge in [0.1, 0.15) is 11.9 Å². The van der Waals surface area contributed by atoms with Crippen molar-refractivity contribution < 1.29 is 0 Å². The summed E-state index contributed by atoms with van der Waals surface area (Å²) in [6.07, 6.45) is 3.99. The third-order valence-corrected chi connectivity index (χ3v) is 3.25. The van der Waals surface area contributed by atoms with Crippen LogP contribution in [0.2, 0.25) is 0 Å². The van der Waals surface area contributed by atoms with Gasteiger partial charge in [0.2, 0.25) is 0 Å². The molecule has 1 aromatic heterocycles. The van der Waals surface area contributed by atoms with Crippen molar-refractivity contribution in [1.82, 2.24) is 4.98 Å². The van der Waals surface area contributed by atoms with Crippen molar-refractivity contribution in [2.45, 2.75) is 26.2 Å². The van der Waals surface area contributed by atoms with Crippen molar-refractivity contribution >= 4 is 5.82 Å². The molecule has 1 saturated carbocycles. The number of nitrogens with zero attached hydrogens (tertiary/aromatic N) is 3. The van der Waals surface area contributed by atoms with Gasteiger partial charge >= 0.3 is 0 Å². The molecule has 84 valence electrons. The molecular formula is C13H17N3. The predicted molar refractivity (Wildman–Crippen MR) is 64.3 cm³/mol. The van der Waals surface area contributed by atoms with Crippen molar-refractivity contribution in [3.05, 3.63) is 23.4 Å². The van der Waals surface area contributed by atoms with Crippen molar-refractivity contribution in [3.8, 4) is 6.07 Å². The number of hydrogen-bond acceptors (Lipinski definition) is 3. The van der Waals surface area contributed by atoms with E-state index in [0.717, 1.165) is 24.0 Å². The van der Waals surface area contributed by atoms with Crippen LogP contribution in [0.5, 0.6) is 0 Å². The zero-order valence-corrected chi connectivity index (χ0v) is 9.90. The second-order valence-corrected chi connectivity index (χ2v) is 4.61. The van der Waals surface area contributed by atoms with Crippen LogP contribution in [0.3, 0.4) is 0 Å². The summed E-state index contributed by atoms with van der Waals surface area (Å²) < 4.78 is 0. The largest absolute Gasteiger partial charge is 0.358 e. The quantitative estimate of drug-likeness (QED) is 0.777. The Hall–Kier alpha value is -1.56. The van der Waals surface area contributed by atoms with Crippen LogP contribution in [-0.4, -0.2) is 18.6 Å². The molecule has 1 aromatic rings. The minimum absolute atomic E-state index is 0.674. The summed E-state index contributed by atoms with van der Waals surface area (Å²) in [5, 5.41) is 9.05. The molecular weight excluding hydrogens is 198 g/mol. The number of pyridine rings is 1. The Bertz CT molecular complexity index is 416. The summed E-state index contributed by atoms with van der Waals surface area (Å²) in [4.78, 5) is 6.58. The minimum Gasteiger partial charge on any atom is -0.358 e. The van der Waals surface area contributed by atoms with Crippen LogP contribution in [0.4, 0.5) is 5.82 Å². The summed E-state index contributed by atoms with van der Waals surface area (Å²) in [5.41, 5.74) is 1.64. The van der Waals surface area contributed by atoms with Gasteiger partial charge in [-0.05, 0) is 37.8 Å². The number of anilines is 1. The van der Waals surface area contributed by atoms with Gasteiger partial charge in [0, 0.05) is 19.3 Å². The van der Waals surface area contributed by atoms with Gasteiger partial charge in [0.15, 0.2) is 0 Å². The van der Waals surface area contributed by atoms with E-state index in [1.807, 2.05) is 26.1 Å². The van der Waals surface area contributed by atoms with Crippen LogP contribution in [0, 0.1) is 24.2 Å². The van der Waals surface area contributed by atoms with Crippen LogP contribution < -0.4 is 4.90 Å². The molecule has 1 aliphatic carbocycles. The Morgan fingerprint density at radius 2 is 2.25 bits per heavy atom. The lowest BCUT2D eigenvalue weighted by Crippen LogP contribution is -2.30. The van der Waals surface area contributed by atoms with Crippen LogP contribution in [0.15, 0.2) is 12.1 Å². The molecule has 1 aliphatic rings. The SMILES string of the molecule is Cc1ccc(C#N)c(N(C)CC2CCC2)n1. The Kier molecular flexibility index (Phi) is 3.09. The Morgan fingerprint density at radius 3 is 2.81 bits per heavy atom. The molecule has 3 nitrogen and oxygen atoms in total. The van der Waals surface area contributed by atoms with Gasteiger partial charge in [-0.25, -0.2) is 4.98 Å². The number of nitriles is 1. The van der Waals surface area contributed by atoms with Gasteiger partial charge in [-0.3, -0.25) is 0 Å². The van der Waals surface area contributed by atoms with Crippen LogP contribution in [0.25, 0.3) is 0 Å². The maximum atomic E-state index is 9.05. The van der Waals surface area contributed by atoms with Crippen molar-refractivity contribution in [1.29, 1.82) is 5.26 Å². The number of rotatable bonds is 3. The highest BCUT2D eigenvalue weighted by molar-refractivity contribution is 5.53. The lowest BCUT2D eigenvalue weighted by atomic mass is 9.85. The highest BCUT2D eigenvalue weighted by atomic mass is 15.2. The molecule has 0 aliphatic heterocycles. The lowest BCUT2D eigenvalue weighted by molar-refractivity contribution is 0.321. The zero-order chi connectivity index (χ0) is 11.5. The molecule has 0 aromatic carbocycles.